The van der Waals surface area contributed by atoms with Crippen molar-refractivity contribution in [1.29, 1.82) is 0 Å². The van der Waals surface area contributed by atoms with Crippen LogP contribution in [0.3, 0.4) is 0 Å². The Morgan fingerprint density at radius 3 is 1.52 bits per heavy atom. The highest BCUT2D eigenvalue weighted by Gasteiger charge is 2.25. The van der Waals surface area contributed by atoms with E-state index in [1.54, 1.807) is 79.4 Å². The molecule has 0 fully saturated rings. The minimum absolute atomic E-state index is 0.202. The van der Waals surface area contributed by atoms with Gasteiger partial charge in [0, 0.05) is 85.7 Å². The molecule has 0 saturated heterocycles. The molecule has 0 aliphatic rings. The molecule has 11 aromatic rings. The number of benzene rings is 5. The Labute approximate surface area is 388 Å². The molecule has 11 rings (SSSR count). The molecular formula is C52H39BrN6O5S2. The number of halogens is 1. The highest BCUT2D eigenvalue weighted by atomic mass is 79.9. The fraction of sp³-hybridized carbons (Fsp3) is 0.0577. The van der Waals surface area contributed by atoms with Crippen LogP contribution in [-0.2, 0) is 20.0 Å². The van der Waals surface area contributed by atoms with Gasteiger partial charge in [-0.3, -0.25) is 4.79 Å². The fourth-order valence-corrected chi connectivity index (χ4v) is 11.2. The lowest BCUT2D eigenvalue weighted by Gasteiger charge is -2.08. The number of aldehydes is 1. The van der Waals surface area contributed by atoms with Gasteiger partial charge in [-0.15, -0.1) is 0 Å². The molecule has 2 N–H and O–H groups in total. The number of rotatable bonds is 8. The summed E-state index contributed by atoms with van der Waals surface area (Å²) in [4.78, 5) is 27.2. The van der Waals surface area contributed by atoms with Crippen molar-refractivity contribution in [3.05, 3.63) is 191 Å². The van der Waals surface area contributed by atoms with Crippen LogP contribution in [0.2, 0.25) is 0 Å². The summed E-state index contributed by atoms with van der Waals surface area (Å²) in [6.07, 6.45) is 11.2. The second-order valence-corrected chi connectivity index (χ2v) is 20.7. The lowest BCUT2D eigenvalue weighted by atomic mass is 9.99. The van der Waals surface area contributed by atoms with Crippen molar-refractivity contribution in [2.24, 2.45) is 0 Å². The van der Waals surface area contributed by atoms with E-state index in [0.29, 0.717) is 16.9 Å². The molecule has 11 nitrogen and oxygen atoms in total. The van der Waals surface area contributed by atoms with E-state index in [9.17, 15) is 21.6 Å². The average Bonchev–Trinajstić information content (AvgIpc) is 4.14. The minimum atomic E-state index is -3.89. The van der Waals surface area contributed by atoms with Gasteiger partial charge in [0.15, 0.2) is 11.3 Å². The number of nitrogens with zero attached hydrogens (tertiary/aromatic N) is 4. The topological polar surface area (TPSA) is 153 Å². The summed E-state index contributed by atoms with van der Waals surface area (Å²) < 4.78 is 57.5. The average molecular weight is 972 g/mol. The number of aryl methyl sites for hydroxylation is 3. The zero-order valence-corrected chi connectivity index (χ0v) is 38.9. The third kappa shape index (κ3) is 7.62. The molecule has 14 heteroatoms. The molecule has 66 heavy (non-hydrogen) atoms. The molecule has 6 heterocycles. The van der Waals surface area contributed by atoms with Crippen molar-refractivity contribution in [3.8, 4) is 33.4 Å². The van der Waals surface area contributed by atoms with Gasteiger partial charge >= 0.3 is 0 Å². The second kappa shape index (κ2) is 16.6. The van der Waals surface area contributed by atoms with Gasteiger partial charge in [0.25, 0.3) is 20.0 Å². The van der Waals surface area contributed by atoms with E-state index in [2.05, 4.69) is 35.9 Å². The van der Waals surface area contributed by atoms with Crippen LogP contribution < -0.4 is 0 Å². The molecule has 0 saturated carbocycles. The van der Waals surface area contributed by atoms with Crippen LogP contribution in [0, 0.1) is 20.8 Å². The standard InChI is InChI=1S/C30H23N3O3S.C22H16BrN3O2S/c1-19-3-8-26(9-4-19)37(35,36)33-17-28(22-7-10-29-23(14-22)11-12-31-29)27-15-25(16-32-30(27)33)21-5-6-24(18-34)20(2)13-21;1-14-2-5-18(6-3-14)29(27,28)26-13-20(19-11-17(23)12-25-22(19)26)15-4-7-21-16(10-15)8-9-24-21/h3-18,31H,1-2H3;2-13,24H,1H3. The molecule has 0 unspecified atom stereocenters. The number of H-pyrrole nitrogens is 2. The van der Waals surface area contributed by atoms with Crippen LogP contribution in [0.25, 0.3) is 77.3 Å². The Hall–Kier alpha value is -7.39. The van der Waals surface area contributed by atoms with Crippen LogP contribution in [-0.4, -0.2) is 51.0 Å². The summed E-state index contributed by atoms with van der Waals surface area (Å²) >= 11 is 3.46. The first-order chi connectivity index (χ1) is 31.8. The Morgan fingerprint density at radius 2 is 1.02 bits per heavy atom. The lowest BCUT2D eigenvalue weighted by molar-refractivity contribution is 0.112. The number of carbonyl (C=O) groups is 1. The second-order valence-electron chi connectivity index (χ2n) is 16.2. The van der Waals surface area contributed by atoms with Gasteiger partial charge in [-0.05, 0) is 143 Å². The summed E-state index contributed by atoms with van der Waals surface area (Å²) in [6, 6.07) is 39.1. The van der Waals surface area contributed by atoms with Gasteiger partial charge in [-0.1, -0.05) is 65.7 Å². The number of hydrogen-bond donors (Lipinski definition) is 2. The molecular weight excluding hydrogens is 933 g/mol. The van der Waals surface area contributed by atoms with Gasteiger partial charge in [0.2, 0.25) is 0 Å². The van der Waals surface area contributed by atoms with Crippen LogP contribution in [0.4, 0.5) is 0 Å². The quantitative estimate of drug-likeness (QED) is 0.144. The molecule has 0 radical (unpaired) electrons. The number of carbonyl (C=O) groups excluding carboxylic acids is 1. The normalized spacial score (nSPS) is 11.9. The summed E-state index contributed by atoms with van der Waals surface area (Å²) in [7, 11) is -7.67. The van der Waals surface area contributed by atoms with E-state index in [0.717, 1.165) is 93.4 Å². The maximum absolute atomic E-state index is 13.7. The Balaban J connectivity index is 0.000000160. The molecule has 0 bridgehead atoms. The highest BCUT2D eigenvalue weighted by Crippen LogP contribution is 2.37. The summed E-state index contributed by atoms with van der Waals surface area (Å²) in [5, 5.41) is 3.59. The Morgan fingerprint density at radius 1 is 0.530 bits per heavy atom. The molecule has 0 spiro atoms. The minimum Gasteiger partial charge on any atom is -0.361 e. The molecule has 6 aromatic heterocycles. The Kier molecular flexibility index (Phi) is 10.7. The van der Waals surface area contributed by atoms with Crippen LogP contribution in [0.15, 0.2) is 179 Å². The molecule has 326 valence electrons. The zero-order chi connectivity index (χ0) is 45.9. The predicted molar refractivity (Wildman–Crippen MR) is 265 cm³/mol. The largest absolute Gasteiger partial charge is 0.361 e. The van der Waals surface area contributed by atoms with Crippen molar-refractivity contribution in [1.82, 2.24) is 27.9 Å². The third-order valence-corrected chi connectivity index (χ3v) is 15.6. The van der Waals surface area contributed by atoms with Crippen LogP contribution in [0.1, 0.15) is 27.0 Å². The van der Waals surface area contributed by atoms with Gasteiger partial charge in [0.05, 0.1) is 9.79 Å². The first-order valence-electron chi connectivity index (χ1n) is 20.8. The van der Waals surface area contributed by atoms with Crippen molar-refractivity contribution in [2.75, 3.05) is 0 Å². The summed E-state index contributed by atoms with van der Waals surface area (Å²) in [6.45, 7) is 5.74. The van der Waals surface area contributed by atoms with Gasteiger partial charge in [0.1, 0.15) is 6.29 Å². The first kappa shape index (κ1) is 42.6. The van der Waals surface area contributed by atoms with Gasteiger partial charge in [-0.25, -0.2) is 34.7 Å². The molecule has 0 amide bonds. The fourth-order valence-electron chi connectivity index (χ4n) is 8.19. The molecule has 0 atom stereocenters. The predicted octanol–water partition coefficient (Wildman–Crippen LogP) is 12.0. The van der Waals surface area contributed by atoms with Crippen molar-refractivity contribution >= 4 is 86.1 Å². The number of aromatic nitrogens is 6. The number of fused-ring (bicyclic) bond motifs is 4. The molecule has 0 aliphatic carbocycles. The molecule has 5 aromatic carbocycles. The van der Waals surface area contributed by atoms with E-state index in [1.807, 2.05) is 106 Å². The van der Waals surface area contributed by atoms with E-state index >= 15 is 0 Å². The number of aromatic amines is 2. The maximum atomic E-state index is 13.7. The van der Waals surface area contributed by atoms with Crippen molar-refractivity contribution in [3.63, 3.8) is 0 Å². The van der Waals surface area contributed by atoms with Gasteiger partial charge < -0.3 is 9.97 Å². The summed E-state index contributed by atoms with van der Waals surface area (Å²) in [5.41, 5.74) is 11.4. The highest BCUT2D eigenvalue weighted by molar-refractivity contribution is 9.10. The summed E-state index contributed by atoms with van der Waals surface area (Å²) in [5.74, 6) is 0. The van der Waals surface area contributed by atoms with E-state index < -0.39 is 20.0 Å². The van der Waals surface area contributed by atoms with Crippen molar-refractivity contribution < 1.29 is 21.6 Å². The maximum Gasteiger partial charge on any atom is 0.269 e. The van der Waals surface area contributed by atoms with E-state index in [-0.39, 0.29) is 9.79 Å². The van der Waals surface area contributed by atoms with Crippen LogP contribution >= 0.6 is 15.9 Å². The van der Waals surface area contributed by atoms with Crippen LogP contribution in [0.5, 0.6) is 0 Å². The number of nitrogens with one attached hydrogen (secondary N) is 2. The van der Waals surface area contributed by atoms with Crippen molar-refractivity contribution in [2.45, 2.75) is 30.6 Å². The monoisotopic (exact) mass is 970 g/mol. The third-order valence-electron chi connectivity index (χ3n) is 11.8. The molecule has 0 aliphatic heterocycles. The van der Waals surface area contributed by atoms with E-state index in [4.69, 9.17) is 0 Å². The first-order valence-corrected chi connectivity index (χ1v) is 24.5. The van der Waals surface area contributed by atoms with E-state index in [1.165, 1.54) is 7.94 Å². The Bertz CT molecular complexity index is 3920. The smallest absolute Gasteiger partial charge is 0.269 e. The number of hydrogen-bond acceptors (Lipinski definition) is 7. The zero-order valence-electron chi connectivity index (χ0n) is 35.7. The van der Waals surface area contributed by atoms with Gasteiger partial charge in [-0.2, -0.15) is 0 Å². The SMILES string of the molecule is Cc1ccc(S(=O)(=O)n2cc(-c3ccc4[nH]ccc4c3)c3cc(-c4ccc(C=O)c(C)c4)cnc32)cc1.Cc1ccc(S(=O)(=O)n2cc(-c3ccc4[nH]ccc4c3)c3cc(Br)cnc32)cc1. The number of pyridine rings is 2. The lowest BCUT2D eigenvalue weighted by Crippen LogP contribution is -2.12.